The van der Waals surface area contributed by atoms with Crippen molar-refractivity contribution in [3.63, 3.8) is 0 Å². The number of carbonyl (C=O) groups excluding carboxylic acids is 1. The van der Waals surface area contributed by atoms with E-state index in [9.17, 15) is 14.7 Å². The van der Waals surface area contributed by atoms with Crippen LogP contribution in [0.2, 0.25) is 0 Å². The number of aliphatic carboxylic acids is 1. The number of likely N-dealkylation sites (tertiary alicyclic amines) is 1. The molecule has 1 aliphatic carbocycles. The van der Waals surface area contributed by atoms with E-state index < -0.39 is 11.5 Å². The van der Waals surface area contributed by atoms with Gasteiger partial charge in [0.1, 0.15) is 5.54 Å². The molecule has 0 spiro atoms. The van der Waals surface area contributed by atoms with Crippen LogP contribution in [0.5, 0.6) is 0 Å². The van der Waals surface area contributed by atoms with Gasteiger partial charge in [-0.1, -0.05) is 33.6 Å². The zero-order chi connectivity index (χ0) is 15.6. The molecular weight excluding hydrogens is 268 g/mol. The van der Waals surface area contributed by atoms with Crippen molar-refractivity contribution >= 4 is 12.0 Å². The number of carbonyl (C=O) groups is 2. The number of carboxylic acid groups (broad SMARTS) is 1. The first-order valence-corrected chi connectivity index (χ1v) is 8.18. The first kappa shape index (κ1) is 16.1. The van der Waals surface area contributed by atoms with Gasteiger partial charge in [-0.25, -0.2) is 9.59 Å². The normalized spacial score (nSPS) is 33.2. The van der Waals surface area contributed by atoms with Crippen molar-refractivity contribution in [2.75, 3.05) is 6.54 Å². The number of rotatable bonds is 3. The Kier molecular flexibility index (Phi) is 4.79. The highest BCUT2D eigenvalue weighted by Gasteiger charge is 2.45. The van der Waals surface area contributed by atoms with Crippen LogP contribution in [-0.4, -0.2) is 40.1 Å². The topological polar surface area (TPSA) is 69.6 Å². The molecule has 2 aliphatic rings. The quantitative estimate of drug-likeness (QED) is 0.841. The number of urea groups is 1. The average molecular weight is 296 g/mol. The second kappa shape index (κ2) is 6.24. The summed E-state index contributed by atoms with van der Waals surface area (Å²) in [5, 5.41) is 12.5. The van der Waals surface area contributed by atoms with Gasteiger partial charge in [0, 0.05) is 12.6 Å². The molecule has 0 bridgehead atoms. The summed E-state index contributed by atoms with van der Waals surface area (Å²) in [4.78, 5) is 26.2. The van der Waals surface area contributed by atoms with Gasteiger partial charge in [-0.15, -0.1) is 0 Å². The Morgan fingerprint density at radius 1 is 1.29 bits per heavy atom. The monoisotopic (exact) mass is 296 g/mol. The van der Waals surface area contributed by atoms with Crippen molar-refractivity contribution in [2.45, 2.75) is 70.9 Å². The molecule has 2 rings (SSSR count). The molecule has 5 heteroatoms. The van der Waals surface area contributed by atoms with E-state index in [1.807, 2.05) is 4.90 Å². The third-order valence-electron chi connectivity index (χ3n) is 5.08. The lowest BCUT2D eigenvalue weighted by Crippen LogP contribution is -2.60. The second-order valence-electron chi connectivity index (χ2n) is 7.17. The van der Waals surface area contributed by atoms with Crippen LogP contribution in [-0.2, 0) is 4.79 Å². The zero-order valence-electron chi connectivity index (χ0n) is 13.4. The molecule has 3 atom stereocenters. The number of hydrogen-bond acceptors (Lipinski definition) is 2. The van der Waals surface area contributed by atoms with Crippen LogP contribution >= 0.6 is 0 Å². The van der Waals surface area contributed by atoms with Gasteiger partial charge in [-0.3, -0.25) is 0 Å². The highest BCUT2D eigenvalue weighted by molar-refractivity contribution is 5.86. The number of hydrogen-bond donors (Lipinski definition) is 2. The summed E-state index contributed by atoms with van der Waals surface area (Å²) in [6.45, 7) is 7.04. The summed E-state index contributed by atoms with van der Waals surface area (Å²) >= 11 is 0. The molecule has 0 aromatic heterocycles. The van der Waals surface area contributed by atoms with Crippen LogP contribution in [0.15, 0.2) is 0 Å². The Balaban J connectivity index is 2.10. The smallest absolute Gasteiger partial charge is 0.329 e. The van der Waals surface area contributed by atoms with Crippen molar-refractivity contribution in [1.29, 1.82) is 0 Å². The maximum atomic E-state index is 12.6. The lowest BCUT2D eigenvalue weighted by atomic mass is 9.76. The van der Waals surface area contributed by atoms with E-state index in [1.165, 1.54) is 0 Å². The molecule has 0 radical (unpaired) electrons. The minimum Gasteiger partial charge on any atom is -0.480 e. The zero-order valence-corrected chi connectivity index (χ0v) is 13.4. The number of nitrogens with one attached hydrogen (secondary N) is 1. The number of amides is 2. The molecule has 0 aromatic carbocycles. The lowest BCUT2D eigenvalue weighted by Gasteiger charge is -2.39. The maximum absolute atomic E-state index is 12.6. The third kappa shape index (κ3) is 3.33. The van der Waals surface area contributed by atoms with Gasteiger partial charge >= 0.3 is 12.0 Å². The van der Waals surface area contributed by atoms with Crippen LogP contribution in [0.4, 0.5) is 4.79 Å². The lowest BCUT2D eigenvalue weighted by molar-refractivity contribution is -0.146. The molecule has 3 unspecified atom stereocenters. The molecule has 5 nitrogen and oxygen atoms in total. The molecule has 1 saturated heterocycles. The summed E-state index contributed by atoms with van der Waals surface area (Å²) in [6, 6.07) is 0.0413. The Morgan fingerprint density at radius 2 is 2.00 bits per heavy atom. The predicted octanol–water partition coefficient (Wildman–Crippen LogP) is 2.85. The van der Waals surface area contributed by atoms with Crippen molar-refractivity contribution in [2.24, 2.45) is 11.8 Å². The SMILES string of the molecule is CC1CCCC(NC(=O)N2CCCC2C(C)C)(C(=O)O)C1. The van der Waals surface area contributed by atoms with Gasteiger partial charge in [0.25, 0.3) is 0 Å². The largest absolute Gasteiger partial charge is 0.480 e. The van der Waals surface area contributed by atoms with Crippen LogP contribution in [0.25, 0.3) is 0 Å². The third-order valence-corrected chi connectivity index (χ3v) is 5.08. The van der Waals surface area contributed by atoms with Crippen molar-refractivity contribution < 1.29 is 14.7 Å². The van der Waals surface area contributed by atoms with Gasteiger partial charge < -0.3 is 15.3 Å². The Bertz CT molecular complexity index is 410. The van der Waals surface area contributed by atoms with Gasteiger partial charge in [-0.05, 0) is 37.5 Å². The fourth-order valence-electron chi connectivity index (χ4n) is 3.93. The fourth-order valence-corrected chi connectivity index (χ4v) is 3.93. The summed E-state index contributed by atoms with van der Waals surface area (Å²) in [7, 11) is 0. The average Bonchev–Trinajstić information content (AvgIpc) is 2.87. The van der Waals surface area contributed by atoms with E-state index in [0.717, 1.165) is 32.2 Å². The Morgan fingerprint density at radius 3 is 2.57 bits per heavy atom. The molecule has 2 amide bonds. The van der Waals surface area contributed by atoms with E-state index in [2.05, 4.69) is 26.1 Å². The van der Waals surface area contributed by atoms with E-state index in [1.54, 1.807) is 0 Å². The molecular formula is C16H28N2O3. The van der Waals surface area contributed by atoms with Crippen molar-refractivity contribution in [1.82, 2.24) is 10.2 Å². The maximum Gasteiger partial charge on any atom is 0.329 e. The van der Waals surface area contributed by atoms with E-state index in [-0.39, 0.29) is 12.1 Å². The van der Waals surface area contributed by atoms with Crippen molar-refractivity contribution in [3.05, 3.63) is 0 Å². The first-order valence-electron chi connectivity index (χ1n) is 8.18. The van der Waals surface area contributed by atoms with Crippen LogP contribution in [0.1, 0.15) is 59.3 Å². The second-order valence-corrected chi connectivity index (χ2v) is 7.17. The van der Waals surface area contributed by atoms with Crippen LogP contribution < -0.4 is 5.32 Å². The van der Waals surface area contributed by atoms with Gasteiger partial charge in [-0.2, -0.15) is 0 Å². The van der Waals surface area contributed by atoms with E-state index >= 15 is 0 Å². The van der Waals surface area contributed by atoms with E-state index in [4.69, 9.17) is 0 Å². The first-order chi connectivity index (χ1) is 9.85. The molecule has 1 saturated carbocycles. The molecule has 21 heavy (non-hydrogen) atoms. The highest BCUT2D eigenvalue weighted by atomic mass is 16.4. The summed E-state index contributed by atoms with van der Waals surface area (Å²) < 4.78 is 0. The number of carboxylic acids is 1. The summed E-state index contributed by atoms with van der Waals surface area (Å²) in [6.07, 6.45) is 5.01. The van der Waals surface area contributed by atoms with Crippen LogP contribution in [0, 0.1) is 11.8 Å². The Labute approximate surface area is 127 Å². The minimum atomic E-state index is -1.07. The highest BCUT2D eigenvalue weighted by Crippen LogP contribution is 2.33. The molecule has 120 valence electrons. The van der Waals surface area contributed by atoms with Gasteiger partial charge in [0.2, 0.25) is 0 Å². The van der Waals surface area contributed by atoms with Gasteiger partial charge in [0.05, 0.1) is 0 Å². The molecule has 1 heterocycles. The Hall–Kier alpha value is -1.26. The van der Waals surface area contributed by atoms with Crippen molar-refractivity contribution in [3.8, 4) is 0 Å². The summed E-state index contributed by atoms with van der Waals surface area (Å²) in [5.41, 5.74) is -1.07. The van der Waals surface area contributed by atoms with Crippen LogP contribution in [0.3, 0.4) is 0 Å². The van der Waals surface area contributed by atoms with E-state index in [0.29, 0.717) is 24.7 Å². The van der Waals surface area contributed by atoms with Gasteiger partial charge in [0.15, 0.2) is 0 Å². The standard InChI is InChI=1S/C16H28N2O3/c1-11(2)13-7-5-9-18(13)15(21)17-16(14(19)20)8-4-6-12(3)10-16/h11-13H,4-10H2,1-3H3,(H,17,21)(H,19,20). The molecule has 1 aliphatic heterocycles. The number of nitrogens with zero attached hydrogens (tertiary/aromatic N) is 1. The molecule has 2 N–H and O–H groups in total. The fraction of sp³-hybridized carbons (Fsp3) is 0.875. The minimum absolute atomic E-state index is 0.192. The summed E-state index contributed by atoms with van der Waals surface area (Å²) in [5.74, 6) is -0.137. The predicted molar refractivity (Wildman–Crippen MR) is 81.1 cm³/mol. The molecule has 0 aromatic rings. The molecule has 2 fully saturated rings.